The maximum absolute atomic E-state index is 8.75. The fourth-order valence-electron chi connectivity index (χ4n) is 2.42. The van der Waals surface area contributed by atoms with Gasteiger partial charge in [0, 0.05) is 20.5 Å². The zero-order valence-corrected chi connectivity index (χ0v) is 11.7. The molecule has 0 spiro atoms. The highest BCUT2D eigenvalue weighted by atomic mass is 35.5. The number of hydrogen-bond acceptors (Lipinski definition) is 1. The van der Waals surface area contributed by atoms with E-state index in [2.05, 4.69) is 10.0 Å². The van der Waals surface area contributed by atoms with Crippen molar-refractivity contribution in [2.24, 2.45) is 5.11 Å². The second kappa shape index (κ2) is 4.62. The molecule has 1 atom stereocenters. The molecule has 6 heteroatoms. The Balaban J connectivity index is 2.38. The molecule has 0 bridgehead atoms. The second-order valence-corrected chi connectivity index (χ2v) is 5.47. The molecule has 0 radical (unpaired) electrons. The number of rotatable bonds is 1. The number of nitrogens with zero attached hydrogens (tertiary/aromatic N) is 3. The van der Waals surface area contributed by atoms with Crippen LogP contribution >= 0.6 is 34.8 Å². The minimum Gasteiger partial charge on any atom is -0.0843 e. The first kappa shape index (κ1) is 12.6. The van der Waals surface area contributed by atoms with Gasteiger partial charge in [-0.3, -0.25) is 0 Å². The Labute approximate surface area is 124 Å². The lowest BCUT2D eigenvalue weighted by atomic mass is 10.1. The average Bonchev–Trinajstić information content (AvgIpc) is 2.64. The summed E-state index contributed by atoms with van der Waals surface area (Å²) in [6.07, 6.45) is 0. The molecule has 1 aliphatic carbocycles. The van der Waals surface area contributed by atoms with Crippen LogP contribution in [0.2, 0.25) is 15.1 Å². The molecule has 19 heavy (non-hydrogen) atoms. The van der Waals surface area contributed by atoms with E-state index < -0.39 is 6.04 Å². The van der Waals surface area contributed by atoms with E-state index in [4.69, 9.17) is 40.3 Å². The van der Waals surface area contributed by atoms with Gasteiger partial charge in [0.2, 0.25) is 0 Å². The first-order chi connectivity index (χ1) is 9.11. The van der Waals surface area contributed by atoms with Crippen molar-refractivity contribution in [1.82, 2.24) is 0 Å². The molecular weight excluding hydrogens is 305 g/mol. The van der Waals surface area contributed by atoms with Crippen LogP contribution in [-0.2, 0) is 0 Å². The summed E-state index contributed by atoms with van der Waals surface area (Å²) in [5.74, 6) is 0. The zero-order chi connectivity index (χ0) is 13.6. The fourth-order valence-corrected chi connectivity index (χ4v) is 3.22. The molecular formula is C13H6Cl3N3. The molecule has 0 aromatic heterocycles. The normalized spacial score (nSPS) is 15.6. The van der Waals surface area contributed by atoms with E-state index in [1.165, 1.54) is 0 Å². The highest BCUT2D eigenvalue weighted by Crippen LogP contribution is 2.50. The third-order valence-corrected chi connectivity index (χ3v) is 3.88. The highest BCUT2D eigenvalue weighted by molar-refractivity contribution is 6.37. The fraction of sp³-hybridized carbons (Fsp3) is 0.0769. The molecule has 1 aliphatic rings. The number of azide groups is 1. The molecule has 0 fully saturated rings. The Hall–Kier alpha value is -1.38. The number of halogens is 3. The molecule has 2 aromatic carbocycles. The summed E-state index contributed by atoms with van der Waals surface area (Å²) in [7, 11) is 0. The monoisotopic (exact) mass is 309 g/mol. The topological polar surface area (TPSA) is 48.8 Å². The summed E-state index contributed by atoms with van der Waals surface area (Å²) < 4.78 is 0. The van der Waals surface area contributed by atoms with Gasteiger partial charge in [-0.2, -0.15) is 0 Å². The highest BCUT2D eigenvalue weighted by Gasteiger charge is 2.30. The maximum atomic E-state index is 8.75. The van der Waals surface area contributed by atoms with Crippen molar-refractivity contribution in [2.45, 2.75) is 6.04 Å². The molecule has 0 amide bonds. The van der Waals surface area contributed by atoms with Crippen LogP contribution < -0.4 is 0 Å². The SMILES string of the molecule is [N-]=[N+]=NC1c2cc(Cl)ccc2-c2c(Cl)cc(Cl)cc21. The standard InChI is InChI=1S/C13H6Cl3N3/c14-6-1-2-8-9(3-6)13(18-19-17)10-4-7(15)5-11(16)12(8)10/h1-5,13H. The van der Waals surface area contributed by atoms with Crippen LogP contribution in [0.25, 0.3) is 21.6 Å². The van der Waals surface area contributed by atoms with Crippen molar-refractivity contribution < 1.29 is 0 Å². The van der Waals surface area contributed by atoms with E-state index in [1.54, 1.807) is 24.3 Å². The van der Waals surface area contributed by atoms with Gasteiger partial charge in [0.15, 0.2) is 0 Å². The lowest BCUT2D eigenvalue weighted by Gasteiger charge is -2.07. The van der Waals surface area contributed by atoms with Gasteiger partial charge in [-0.1, -0.05) is 46.0 Å². The van der Waals surface area contributed by atoms with Crippen LogP contribution in [0.4, 0.5) is 0 Å². The molecule has 3 rings (SSSR count). The minimum absolute atomic E-state index is 0.440. The van der Waals surface area contributed by atoms with Crippen LogP contribution in [-0.4, -0.2) is 0 Å². The Morgan fingerprint density at radius 2 is 1.74 bits per heavy atom. The van der Waals surface area contributed by atoms with Crippen molar-refractivity contribution in [3.8, 4) is 11.1 Å². The van der Waals surface area contributed by atoms with Crippen molar-refractivity contribution in [3.05, 3.63) is 67.0 Å². The molecule has 0 heterocycles. The zero-order valence-electron chi connectivity index (χ0n) is 9.44. The summed E-state index contributed by atoms with van der Waals surface area (Å²) in [5, 5.41) is 5.48. The van der Waals surface area contributed by atoms with E-state index >= 15 is 0 Å². The van der Waals surface area contributed by atoms with Gasteiger partial charge < -0.3 is 0 Å². The first-order valence-electron chi connectivity index (χ1n) is 5.45. The predicted molar refractivity (Wildman–Crippen MR) is 77.9 cm³/mol. The number of benzene rings is 2. The van der Waals surface area contributed by atoms with Crippen LogP contribution in [0.5, 0.6) is 0 Å². The molecule has 0 saturated heterocycles. The van der Waals surface area contributed by atoms with Crippen LogP contribution in [0.1, 0.15) is 17.2 Å². The predicted octanol–water partition coefficient (Wildman–Crippen LogP) is 6.03. The second-order valence-electron chi connectivity index (χ2n) is 4.19. The van der Waals surface area contributed by atoms with Crippen molar-refractivity contribution in [1.29, 1.82) is 0 Å². The first-order valence-corrected chi connectivity index (χ1v) is 6.58. The quantitative estimate of drug-likeness (QED) is 0.351. The summed E-state index contributed by atoms with van der Waals surface area (Å²) in [5.41, 5.74) is 12.2. The van der Waals surface area contributed by atoms with Gasteiger partial charge in [-0.15, -0.1) is 0 Å². The Morgan fingerprint density at radius 1 is 1.00 bits per heavy atom. The Bertz CT molecular complexity index is 736. The van der Waals surface area contributed by atoms with Crippen molar-refractivity contribution in [2.75, 3.05) is 0 Å². The molecule has 0 aliphatic heterocycles. The molecule has 2 aromatic rings. The van der Waals surface area contributed by atoms with Crippen LogP contribution in [0, 0.1) is 0 Å². The van der Waals surface area contributed by atoms with Gasteiger partial charge in [-0.05, 0) is 46.5 Å². The third-order valence-electron chi connectivity index (χ3n) is 3.12. The van der Waals surface area contributed by atoms with E-state index in [0.717, 1.165) is 22.3 Å². The summed E-state index contributed by atoms with van der Waals surface area (Å²) in [6.45, 7) is 0. The van der Waals surface area contributed by atoms with Crippen molar-refractivity contribution >= 4 is 34.8 Å². The van der Waals surface area contributed by atoms with Gasteiger partial charge >= 0.3 is 0 Å². The number of fused-ring (bicyclic) bond motifs is 3. The van der Waals surface area contributed by atoms with Crippen LogP contribution in [0.15, 0.2) is 35.4 Å². The van der Waals surface area contributed by atoms with E-state index in [0.29, 0.717) is 15.1 Å². The van der Waals surface area contributed by atoms with Gasteiger partial charge in [0.05, 0.1) is 11.1 Å². The summed E-state index contributed by atoms with van der Waals surface area (Å²) in [4.78, 5) is 2.90. The molecule has 1 unspecified atom stereocenters. The van der Waals surface area contributed by atoms with Gasteiger partial charge in [-0.25, -0.2) is 0 Å². The Morgan fingerprint density at radius 3 is 2.47 bits per heavy atom. The van der Waals surface area contributed by atoms with E-state index in [1.807, 2.05) is 6.07 Å². The van der Waals surface area contributed by atoms with Gasteiger partial charge in [0.1, 0.15) is 0 Å². The molecule has 3 nitrogen and oxygen atoms in total. The molecule has 94 valence electrons. The smallest absolute Gasteiger partial charge is 0.0843 e. The molecule has 0 N–H and O–H groups in total. The largest absolute Gasteiger partial charge is 0.0889 e. The van der Waals surface area contributed by atoms with E-state index in [9.17, 15) is 0 Å². The average molecular weight is 311 g/mol. The van der Waals surface area contributed by atoms with E-state index in [-0.39, 0.29) is 0 Å². The third kappa shape index (κ3) is 1.96. The Kier molecular flexibility index (Phi) is 3.08. The van der Waals surface area contributed by atoms with Gasteiger partial charge in [0.25, 0.3) is 0 Å². The summed E-state index contributed by atoms with van der Waals surface area (Å²) >= 11 is 18.3. The lowest BCUT2D eigenvalue weighted by Crippen LogP contribution is -1.91. The summed E-state index contributed by atoms with van der Waals surface area (Å²) in [6, 6.07) is 8.47. The number of hydrogen-bond donors (Lipinski definition) is 0. The minimum atomic E-state index is -0.440. The lowest BCUT2D eigenvalue weighted by molar-refractivity contribution is 0.887. The van der Waals surface area contributed by atoms with Crippen molar-refractivity contribution in [3.63, 3.8) is 0 Å². The van der Waals surface area contributed by atoms with Crippen LogP contribution in [0.3, 0.4) is 0 Å². The maximum Gasteiger partial charge on any atom is 0.0889 e. The molecule has 0 saturated carbocycles.